The molecule has 7 nitrogen and oxygen atoms in total. The van der Waals surface area contributed by atoms with Gasteiger partial charge >= 0.3 is 5.97 Å². The molecule has 0 bridgehead atoms. The quantitative estimate of drug-likeness (QED) is 0.468. The topological polar surface area (TPSA) is 71.9 Å². The molecule has 0 amide bonds. The fourth-order valence-electron chi connectivity index (χ4n) is 2.32. The molecule has 0 saturated heterocycles. The number of hydrogen-bond donors (Lipinski definition) is 0. The van der Waals surface area contributed by atoms with Gasteiger partial charge in [-0.05, 0) is 26.8 Å². The first-order chi connectivity index (χ1) is 12.1. The van der Waals surface area contributed by atoms with E-state index in [1.807, 2.05) is 20.8 Å². The number of rotatable bonds is 10. The lowest BCUT2D eigenvalue weighted by Crippen LogP contribution is -2.47. The van der Waals surface area contributed by atoms with Crippen molar-refractivity contribution in [3.63, 3.8) is 0 Å². The Morgan fingerprint density at radius 3 is 2.32 bits per heavy atom. The van der Waals surface area contributed by atoms with E-state index in [1.165, 1.54) is 6.33 Å². The van der Waals surface area contributed by atoms with Crippen LogP contribution in [0.2, 0.25) is 5.15 Å². The van der Waals surface area contributed by atoms with Gasteiger partial charge in [-0.2, -0.15) is 0 Å². The van der Waals surface area contributed by atoms with Gasteiger partial charge in [0.25, 0.3) is 0 Å². The van der Waals surface area contributed by atoms with Gasteiger partial charge in [0.05, 0.1) is 25.8 Å². The zero-order chi connectivity index (χ0) is 18.3. The maximum Gasteiger partial charge on any atom is 0.352 e. The molecular formula is C17H23ClN2O5. The molecule has 1 heterocycles. The molecule has 0 unspecified atom stereocenters. The van der Waals surface area contributed by atoms with Crippen LogP contribution in [-0.2, 0) is 14.2 Å². The van der Waals surface area contributed by atoms with Gasteiger partial charge in [0.2, 0.25) is 0 Å². The highest BCUT2D eigenvalue weighted by Gasteiger charge is 2.36. The Balaban J connectivity index is 2.47. The summed E-state index contributed by atoms with van der Waals surface area (Å²) in [7, 11) is 1.54. The van der Waals surface area contributed by atoms with Crippen LogP contribution in [0.25, 0.3) is 10.9 Å². The highest BCUT2D eigenvalue weighted by molar-refractivity contribution is 6.34. The molecule has 138 valence electrons. The number of nitrogens with zero attached hydrogens (tertiary/aromatic N) is 2. The monoisotopic (exact) mass is 370 g/mol. The first kappa shape index (κ1) is 19.7. The van der Waals surface area contributed by atoms with Crippen LogP contribution in [0.15, 0.2) is 18.5 Å². The van der Waals surface area contributed by atoms with Crippen LogP contribution in [0.3, 0.4) is 0 Å². The van der Waals surface area contributed by atoms with Crippen LogP contribution in [0, 0.1) is 0 Å². The Labute approximate surface area is 152 Å². The third kappa shape index (κ3) is 4.70. The zero-order valence-corrected chi connectivity index (χ0v) is 15.6. The van der Waals surface area contributed by atoms with Crippen molar-refractivity contribution in [2.24, 2.45) is 0 Å². The summed E-state index contributed by atoms with van der Waals surface area (Å²) >= 11 is 6.17. The molecular weight excluding hydrogens is 348 g/mol. The van der Waals surface area contributed by atoms with Crippen molar-refractivity contribution in [1.82, 2.24) is 9.97 Å². The van der Waals surface area contributed by atoms with E-state index in [-0.39, 0.29) is 6.61 Å². The van der Waals surface area contributed by atoms with Crippen molar-refractivity contribution in [3.05, 3.63) is 23.6 Å². The first-order valence-electron chi connectivity index (χ1n) is 8.12. The summed E-state index contributed by atoms with van der Waals surface area (Å²) in [5, 5.41) is 0.957. The number of aromatic nitrogens is 2. The molecule has 1 aromatic heterocycles. The Morgan fingerprint density at radius 1 is 1.00 bits per heavy atom. The van der Waals surface area contributed by atoms with E-state index in [0.29, 0.717) is 47.4 Å². The SMILES string of the molecule is CCOCC(OCC)(OCC)Oc1cc2c(Cl)ncnc2cc1OC. The lowest BCUT2D eigenvalue weighted by atomic mass is 10.2. The molecule has 0 spiro atoms. The van der Waals surface area contributed by atoms with Crippen molar-refractivity contribution >= 4 is 22.5 Å². The molecule has 0 radical (unpaired) electrons. The number of halogens is 1. The molecule has 1 aromatic carbocycles. The van der Waals surface area contributed by atoms with Gasteiger partial charge in [0.1, 0.15) is 18.1 Å². The van der Waals surface area contributed by atoms with Crippen LogP contribution in [-0.4, -0.2) is 49.5 Å². The number of ether oxygens (including phenoxy) is 5. The molecule has 0 N–H and O–H groups in total. The summed E-state index contributed by atoms with van der Waals surface area (Å²) in [5.41, 5.74) is 0.646. The van der Waals surface area contributed by atoms with Crippen LogP contribution >= 0.6 is 11.6 Å². The summed E-state index contributed by atoms with van der Waals surface area (Å²) in [6.45, 7) is 6.96. The molecule has 0 fully saturated rings. The fraction of sp³-hybridized carbons (Fsp3) is 0.529. The molecule has 2 aromatic rings. The minimum atomic E-state index is -1.39. The standard InChI is InChI=1S/C17H23ClN2O5/c1-5-22-10-17(23-6-2,24-7-3)25-15-8-12-13(9-14(15)21-4)19-11-20-16(12)18/h8-9,11H,5-7,10H2,1-4H3. The van der Waals surface area contributed by atoms with Crippen molar-refractivity contribution in [3.8, 4) is 11.5 Å². The minimum Gasteiger partial charge on any atom is -0.493 e. The largest absolute Gasteiger partial charge is 0.493 e. The first-order valence-corrected chi connectivity index (χ1v) is 8.49. The molecule has 0 atom stereocenters. The van der Waals surface area contributed by atoms with E-state index in [0.717, 1.165) is 0 Å². The Kier molecular flexibility index (Phi) is 7.19. The van der Waals surface area contributed by atoms with Crippen LogP contribution in [0.4, 0.5) is 0 Å². The predicted octanol–water partition coefficient (Wildman–Crippen LogP) is 3.43. The van der Waals surface area contributed by atoms with Gasteiger partial charge in [0, 0.05) is 18.1 Å². The Bertz CT molecular complexity index is 692. The normalized spacial score (nSPS) is 11.7. The minimum absolute atomic E-state index is 0.103. The second kappa shape index (κ2) is 9.15. The van der Waals surface area contributed by atoms with E-state index in [4.69, 9.17) is 35.3 Å². The lowest BCUT2D eigenvalue weighted by Gasteiger charge is -2.33. The maximum absolute atomic E-state index is 6.17. The van der Waals surface area contributed by atoms with E-state index in [2.05, 4.69) is 9.97 Å². The molecule has 25 heavy (non-hydrogen) atoms. The van der Waals surface area contributed by atoms with E-state index >= 15 is 0 Å². The average molecular weight is 371 g/mol. The van der Waals surface area contributed by atoms with Gasteiger partial charge in [-0.3, -0.25) is 0 Å². The highest BCUT2D eigenvalue weighted by atomic mass is 35.5. The molecule has 8 heteroatoms. The van der Waals surface area contributed by atoms with E-state index < -0.39 is 5.97 Å². The van der Waals surface area contributed by atoms with Crippen LogP contribution in [0.5, 0.6) is 11.5 Å². The second-order valence-electron chi connectivity index (χ2n) is 4.97. The third-order valence-corrected chi connectivity index (χ3v) is 3.65. The lowest BCUT2D eigenvalue weighted by molar-refractivity contribution is -0.357. The molecule has 0 aliphatic carbocycles. The number of hydrogen-bond acceptors (Lipinski definition) is 7. The Morgan fingerprint density at radius 2 is 1.72 bits per heavy atom. The summed E-state index contributed by atoms with van der Waals surface area (Å²) in [5.74, 6) is -0.515. The fourth-order valence-corrected chi connectivity index (χ4v) is 2.51. The molecule has 0 saturated carbocycles. The summed E-state index contributed by atoms with van der Waals surface area (Å²) in [6, 6.07) is 3.43. The van der Waals surface area contributed by atoms with E-state index in [1.54, 1.807) is 19.2 Å². The molecule has 0 aliphatic rings. The van der Waals surface area contributed by atoms with Crippen LogP contribution in [0.1, 0.15) is 20.8 Å². The number of fused-ring (bicyclic) bond motifs is 1. The van der Waals surface area contributed by atoms with Crippen molar-refractivity contribution in [1.29, 1.82) is 0 Å². The van der Waals surface area contributed by atoms with Crippen LogP contribution < -0.4 is 9.47 Å². The van der Waals surface area contributed by atoms with Gasteiger partial charge in [-0.25, -0.2) is 9.97 Å². The second-order valence-corrected chi connectivity index (χ2v) is 5.33. The van der Waals surface area contributed by atoms with Crippen molar-refractivity contribution in [2.45, 2.75) is 26.7 Å². The molecule has 0 aliphatic heterocycles. The predicted molar refractivity (Wildman–Crippen MR) is 94.2 cm³/mol. The number of methoxy groups -OCH3 is 1. The Hall–Kier alpha value is -1.67. The van der Waals surface area contributed by atoms with Gasteiger partial charge in [-0.15, -0.1) is 0 Å². The van der Waals surface area contributed by atoms with Crippen molar-refractivity contribution in [2.75, 3.05) is 33.5 Å². The maximum atomic E-state index is 6.17. The van der Waals surface area contributed by atoms with Crippen molar-refractivity contribution < 1.29 is 23.7 Å². The highest BCUT2D eigenvalue weighted by Crippen LogP contribution is 2.36. The van der Waals surface area contributed by atoms with Gasteiger partial charge in [0.15, 0.2) is 11.5 Å². The van der Waals surface area contributed by atoms with E-state index in [9.17, 15) is 0 Å². The summed E-state index contributed by atoms with van der Waals surface area (Å²) < 4.78 is 28.4. The average Bonchev–Trinajstić information content (AvgIpc) is 2.60. The molecule has 2 rings (SSSR count). The van der Waals surface area contributed by atoms with Gasteiger partial charge < -0.3 is 23.7 Å². The summed E-state index contributed by atoms with van der Waals surface area (Å²) in [6.07, 6.45) is 1.39. The summed E-state index contributed by atoms with van der Waals surface area (Å²) in [4.78, 5) is 8.19. The third-order valence-electron chi connectivity index (χ3n) is 3.35. The smallest absolute Gasteiger partial charge is 0.352 e. The number of benzene rings is 1. The van der Waals surface area contributed by atoms with Gasteiger partial charge in [-0.1, -0.05) is 11.6 Å². The zero-order valence-electron chi connectivity index (χ0n) is 14.9.